The van der Waals surface area contributed by atoms with E-state index < -0.39 is 8.32 Å². The lowest BCUT2D eigenvalue weighted by atomic mass is 9.74. The van der Waals surface area contributed by atoms with Crippen molar-refractivity contribution in [3.05, 3.63) is 50.7 Å². The Morgan fingerprint density at radius 2 is 1.60 bits per heavy atom. The molecule has 0 spiro atoms. The number of aryl methyl sites for hydroxylation is 2. The molecule has 1 aromatic heterocycles. The van der Waals surface area contributed by atoms with Crippen molar-refractivity contribution in [1.29, 1.82) is 0 Å². The lowest BCUT2D eigenvalue weighted by Crippen LogP contribution is -2.49. The highest BCUT2D eigenvalue weighted by Gasteiger charge is 2.42. The van der Waals surface area contributed by atoms with Gasteiger partial charge in [0.15, 0.2) is 8.32 Å². The lowest BCUT2D eigenvalue weighted by Gasteiger charge is -2.43. The summed E-state index contributed by atoms with van der Waals surface area (Å²) in [7, 11) is -0.564. The van der Waals surface area contributed by atoms with Gasteiger partial charge in [-0.25, -0.2) is 4.79 Å². The van der Waals surface area contributed by atoms with Crippen molar-refractivity contribution in [3.63, 3.8) is 0 Å². The van der Waals surface area contributed by atoms with Gasteiger partial charge in [0.25, 0.3) is 0 Å². The zero-order valence-corrected chi connectivity index (χ0v) is 29.2. The fraction of sp³-hybridized carbons (Fsp3) is 0.667. The molecular formula is C33H54O5SSi. The van der Waals surface area contributed by atoms with E-state index in [1.807, 2.05) is 0 Å². The molecule has 226 valence electrons. The van der Waals surface area contributed by atoms with Crippen LogP contribution in [0.4, 0.5) is 0 Å². The lowest BCUT2D eigenvalue weighted by molar-refractivity contribution is -0.146. The molecule has 40 heavy (non-hydrogen) atoms. The molecule has 5 nitrogen and oxygen atoms in total. The van der Waals surface area contributed by atoms with E-state index in [1.165, 1.54) is 23.1 Å². The summed E-state index contributed by atoms with van der Waals surface area (Å²) in [4.78, 5) is 13.9. The van der Waals surface area contributed by atoms with Crippen LogP contribution in [0.1, 0.15) is 94.7 Å². The second-order valence-electron chi connectivity index (χ2n) is 13.6. The van der Waals surface area contributed by atoms with Crippen molar-refractivity contribution in [1.82, 2.24) is 0 Å². The first kappa shape index (κ1) is 34.5. The fourth-order valence-corrected chi connectivity index (χ4v) is 7.55. The van der Waals surface area contributed by atoms with E-state index in [0.717, 1.165) is 29.0 Å². The SMILES string of the molecule is CCC(CC)(c1ccc(OCC(O[Si](C)(C)C(C)(C)C)C(C)(C)C)c(C)c1)c1cc(C)c(COCC(=O)OC)s1. The second-order valence-corrected chi connectivity index (χ2v) is 19.5. The fourth-order valence-electron chi connectivity index (χ4n) is 4.60. The molecule has 0 aliphatic heterocycles. The number of hydrogen-bond donors (Lipinski definition) is 0. The second kappa shape index (κ2) is 13.5. The average molecular weight is 591 g/mol. The van der Waals surface area contributed by atoms with E-state index in [0.29, 0.717) is 13.2 Å². The van der Waals surface area contributed by atoms with Crippen molar-refractivity contribution in [2.75, 3.05) is 20.3 Å². The number of carbonyl (C=O) groups is 1. The van der Waals surface area contributed by atoms with Gasteiger partial charge in [-0.15, -0.1) is 11.3 Å². The van der Waals surface area contributed by atoms with Crippen LogP contribution in [0.3, 0.4) is 0 Å². The summed E-state index contributed by atoms with van der Waals surface area (Å²) in [6, 6.07) is 8.96. The number of ether oxygens (including phenoxy) is 3. The topological polar surface area (TPSA) is 54.0 Å². The minimum Gasteiger partial charge on any atom is -0.491 e. The number of methoxy groups -OCH3 is 1. The molecule has 0 saturated heterocycles. The van der Waals surface area contributed by atoms with Crippen molar-refractivity contribution >= 4 is 25.6 Å². The van der Waals surface area contributed by atoms with Crippen LogP contribution in [0, 0.1) is 19.3 Å². The van der Waals surface area contributed by atoms with Gasteiger partial charge in [-0.1, -0.05) is 67.5 Å². The molecule has 1 aromatic carbocycles. The van der Waals surface area contributed by atoms with Gasteiger partial charge in [-0.2, -0.15) is 0 Å². The summed E-state index contributed by atoms with van der Waals surface area (Å²) in [5.74, 6) is 0.557. The van der Waals surface area contributed by atoms with Crippen molar-refractivity contribution in [2.45, 2.75) is 118 Å². The summed E-state index contributed by atoms with van der Waals surface area (Å²) >= 11 is 1.78. The molecule has 1 unspecified atom stereocenters. The first-order valence-corrected chi connectivity index (χ1v) is 18.3. The first-order chi connectivity index (χ1) is 18.4. The summed E-state index contributed by atoms with van der Waals surface area (Å²) in [5, 5.41) is 0.144. The van der Waals surface area contributed by atoms with Gasteiger partial charge in [0.2, 0.25) is 0 Å². The van der Waals surface area contributed by atoms with E-state index in [-0.39, 0.29) is 34.5 Å². The number of carbonyl (C=O) groups excluding carboxylic acids is 1. The van der Waals surface area contributed by atoms with E-state index in [9.17, 15) is 4.79 Å². The summed E-state index contributed by atoms with van der Waals surface area (Å²) in [6.45, 7) is 27.9. The summed E-state index contributed by atoms with van der Waals surface area (Å²) in [6.07, 6.45) is 1.97. The van der Waals surface area contributed by atoms with Gasteiger partial charge in [0.05, 0.1) is 19.8 Å². The Hall–Kier alpha value is -1.67. The third-order valence-corrected chi connectivity index (χ3v) is 14.6. The molecule has 1 atom stereocenters. The van der Waals surface area contributed by atoms with Crippen molar-refractivity contribution < 1.29 is 23.4 Å². The largest absolute Gasteiger partial charge is 0.491 e. The monoisotopic (exact) mass is 590 g/mol. The molecule has 0 fully saturated rings. The van der Waals surface area contributed by atoms with E-state index in [4.69, 9.17) is 18.6 Å². The van der Waals surface area contributed by atoms with Crippen LogP contribution in [0.15, 0.2) is 24.3 Å². The van der Waals surface area contributed by atoms with Gasteiger partial charge in [0, 0.05) is 15.2 Å². The zero-order chi connectivity index (χ0) is 30.5. The van der Waals surface area contributed by atoms with E-state index >= 15 is 0 Å². The molecule has 0 aliphatic carbocycles. The zero-order valence-electron chi connectivity index (χ0n) is 27.4. The molecule has 0 saturated carbocycles. The van der Waals surface area contributed by atoms with Crippen LogP contribution in [0.5, 0.6) is 5.75 Å². The number of thiophene rings is 1. The van der Waals surface area contributed by atoms with Crippen LogP contribution in [0.25, 0.3) is 0 Å². The molecule has 1 heterocycles. The minimum atomic E-state index is -1.94. The molecule has 2 rings (SSSR count). The maximum absolute atomic E-state index is 11.5. The van der Waals surface area contributed by atoms with Gasteiger partial charge < -0.3 is 18.6 Å². The highest BCUT2D eigenvalue weighted by molar-refractivity contribution is 7.12. The average Bonchev–Trinajstić information content (AvgIpc) is 3.22. The molecule has 0 N–H and O–H groups in total. The molecule has 0 aliphatic rings. The Balaban J connectivity index is 2.29. The van der Waals surface area contributed by atoms with Crippen LogP contribution >= 0.6 is 11.3 Å². The highest BCUT2D eigenvalue weighted by atomic mass is 32.1. The summed E-state index contributed by atoms with van der Waals surface area (Å²) < 4.78 is 23.6. The smallest absolute Gasteiger partial charge is 0.331 e. The van der Waals surface area contributed by atoms with E-state index in [1.54, 1.807) is 11.3 Å². The molecule has 2 aromatic rings. The van der Waals surface area contributed by atoms with Gasteiger partial charge >= 0.3 is 5.97 Å². The number of esters is 1. The predicted octanol–water partition coefficient (Wildman–Crippen LogP) is 8.98. The quantitative estimate of drug-likeness (QED) is 0.172. The minimum absolute atomic E-state index is 0.00626. The van der Waals surface area contributed by atoms with E-state index in [2.05, 4.69) is 107 Å². The van der Waals surface area contributed by atoms with Crippen LogP contribution in [-0.4, -0.2) is 40.7 Å². The van der Waals surface area contributed by atoms with Gasteiger partial charge in [0.1, 0.15) is 19.0 Å². The normalized spacial score (nSPS) is 13.8. The molecular weight excluding hydrogens is 537 g/mol. The van der Waals surface area contributed by atoms with Crippen LogP contribution < -0.4 is 4.74 Å². The van der Waals surface area contributed by atoms with Crippen molar-refractivity contribution in [3.8, 4) is 5.75 Å². The van der Waals surface area contributed by atoms with Crippen LogP contribution in [-0.2, 0) is 30.7 Å². The Morgan fingerprint density at radius 1 is 0.975 bits per heavy atom. The maximum atomic E-state index is 11.5. The molecule has 0 bridgehead atoms. The molecule has 0 radical (unpaired) electrons. The van der Waals surface area contributed by atoms with Gasteiger partial charge in [-0.3, -0.25) is 0 Å². The summed E-state index contributed by atoms with van der Waals surface area (Å²) in [5.41, 5.74) is 3.51. The van der Waals surface area contributed by atoms with Crippen molar-refractivity contribution in [2.24, 2.45) is 5.41 Å². The third kappa shape index (κ3) is 8.21. The molecule has 0 amide bonds. The first-order valence-electron chi connectivity index (χ1n) is 14.6. The Morgan fingerprint density at radius 3 is 2.10 bits per heavy atom. The third-order valence-electron chi connectivity index (χ3n) is 8.71. The standard InChI is InChI=1S/C33H54O5SSi/c1-14-33(15-2,29-19-24(4)27(39-29)20-36-22-30(34)35-11)25-16-17-26(23(3)18-25)37-21-28(31(5,6)7)38-40(12,13)32(8,9)10/h16-19,28H,14-15,20-22H2,1-13H3. The predicted molar refractivity (Wildman–Crippen MR) is 170 cm³/mol. The molecule has 7 heteroatoms. The number of rotatable bonds is 13. The highest BCUT2D eigenvalue weighted by Crippen LogP contribution is 2.45. The Kier molecular flexibility index (Phi) is 11.7. The Bertz CT molecular complexity index is 1120. The van der Waals surface area contributed by atoms with Gasteiger partial charge in [-0.05, 0) is 79.1 Å². The maximum Gasteiger partial charge on any atom is 0.331 e. The van der Waals surface area contributed by atoms with Crippen LogP contribution in [0.2, 0.25) is 18.1 Å². The Labute approximate surface area is 249 Å². The number of benzene rings is 1. The number of hydrogen-bond acceptors (Lipinski definition) is 6.